The Morgan fingerprint density at radius 1 is 1.29 bits per heavy atom. The fourth-order valence-electron chi connectivity index (χ4n) is 1.97. The molecule has 0 heterocycles. The van der Waals surface area contributed by atoms with Crippen molar-refractivity contribution in [3.8, 4) is 0 Å². The van der Waals surface area contributed by atoms with Crippen LogP contribution >= 0.6 is 38.5 Å². The van der Waals surface area contributed by atoms with Gasteiger partial charge in [-0.25, -0.2) is 0 Å². The second kappa shape index (κ2) is 7.74. The van der Waals surface area contributed by atoms with Gasteiger partial charge in [0, 0.05) is 14.1 Å². The molecular weight excluding hydrogens is 389 g/mol. The summed E-state index contributed by atoms with van der Waals surface area (Å²) in [6, 6.07) is 7.00. The van der Waals surface area contributed by atoms with Gasteiger partial charge >= 0.3 is 0 Å². The van der Waals surface area contributed by atoms with E-state index in [9.17, 15) is 0 Å². The average Bonchev–Trinajstić information content (AvgIpc) is 2.28. The summed E-state index contributed by atoms with van der Waals surface area (Å²) in [5.41, 5.74) is 1.38. The molecule has 1 rings (SSSR count). The minimum Gasteiger partial charge on any atom is -0.313 e. The van der Waals surface area contributed by atoms with Crippen molar-refractivity contribution in [1.82, 2.24) is 5.32 Å². The molecule has 1 N–H and O–H groups in total. The highest BCUT2D eigenvalue weighted by Crippen LogP contribution is 2.28. The lowest BCUT2D eigenvalue weighted by Crippen LogP contribution is -2.17. The summed E-state index contributed by atoms with van der Waals surface area (Å²) in [5, 5.41) is 3.43. The Morgan fingerprint density at radius 2 is 2.00 bits per heavy atom. The largest absolute Gasteiger partial charge is 0.313 e. The van der Waals surface area contributed by atoms with Crippen molar-refractivity contribution in [2.45, 2.75) is 39.2 Å². The molecule has 0 spiro atoms. The summed E-state index contributed by atoms with van der Waals surface area (Å²) in [6.45, 7) is 4.57. The minimum atomic E-state index is 0.456. The quantitative estimate of drug-likeness (QED) is 0.641. The first-order chi connectivity index (χ1) is 8.04. The number of hydrogen-bond acceptors (Lipinski definition) is 1. The number of rotatable bonds is 6. The minimum absolute atomic E-state index is 0.456. The van der Waals surface area contributed by atoms with Gasteiger partial charge in [0.1, 0.15) is 0 Å². The molecule has 1 nitrogen and oxygen atoms in total. The molecule has 0 amide bonds. The molecule has 1 aromatic rings. The fraction of sp³-hybridized carbons (Fsp3) is 0.571. The Balaban J connectivity index is 2.68. The van der Waals surface area contributed by atoms with Crippen LogP contribution < -0.4 is 5.32 Å². The molecule has 0 aliphatic rings. The smallest absolute Gasteiger partial charge is 0.0329 e. The van der Waals surface area contributed by atoms with Crippen LogP contribution in [-0.2, 0) is 0 Å². The van der Waals surface area contributed by atoms with Crippen molar-refractivity contribution < 1.29 is 0 Å². The van der Waals surface area contributed by atoms with Crippen LogP contribution in [0.3, 0.4) is 0 Å². The normalized spacial score (nSPS) is 13.1. The van der Waals surface area contributed by atoms with E-state index >= 15 is 0 Å². The van der Waals surface area contributed by atoms with Crippen LogP contribution in [0.1, 0.15) is 44.7 Å². The first-order valence-electron chi connectivity index (χ1n) is 6.16. The summed E-state index contributed by atoms with van der Waals surface area (Å²) < 4.78 is 2.51. The summed E-state index contributed by atoms with van der Waals surface area (Å²) in [4.78, 5) is 0. The predicted octanol–water partition coefficient (Wildman–Crippen LogP) is 5.14. The van der Waals surface area contributed by atoms with E-state index in [-0.39, 0.29) is 0 Å². The standard InChI is InChI=1S/C14H21BrIN/c1-10(2)5-4-6-14(17-3)12-9-11(16)7-8-13(12)15/h7-10,14,17H,4-6H2,1-3H3. The van der Waals surface area contributed by atoms with Gasteiger partial charge in [-0.05, 0) is 65.7 Å². The van der Waals surface area contributed by atoms with E-state index in [4.69, 9.17) is 0 Å². The molecule has 0 radical (unpaired) electrons. The topological polar surface area (TPSA) is 12.0 Å². The number of hydrogen-bond donors (Lipinski definition) is 1. The van der Waals surface area contributed by atoms with Crippen LogP contribution in [0, 0.1) is 9.49 Å². The van der Waals surface area contributed by atoms with E-state index in [1.54, 1.807) is 0 Å². The highest BCUT2D eigenvalue weighted by atomic mass is 127. The maximum Gasteiger partial charge on any atom is 0.0329 e. The van der Waals surface area contributed by atoms with Crippen molar-refractivity contribution >= 4 is 38.5 Å². The molecule has 3 heteroatoms. The summed E-state index contributed by atoms with van der Waals surface area (Å²) in [5.74, 6) is 0.798. The monoisotopic (exact) mass is 409 g/mol. The molecule has 0 aliphatic carbocycles. The van der Waals surface area contributed by atoms with Gasteiger partial charge in [0.15, 0.2) is 0 Å². The second-order valence-corrected chi connectivity index (χ2v) is 6.93. The van der Waals surface area contributed by atoms with Gasteiger partial charge in [0.25, 0.3) is 0 Å². The number of halogens is 2. The van der Waals surface area contributed by atoms with Gasteiger partial charge in [-0.3, -0.25) is 0 Å². The molecule has 1 aromatic carbocycles. The third-order valence-corrected chi connectivity index (χ3v) is 4.35. The SMILES string of the molecule is CNC(CCCC(C)C)c1cc(I)ccc1Br. The Kier molecular flexibility index (Phi) is 7.04. The van der Waals surface area contributed by atoms with Crippen molar-refractivity contribution in [2.75, 3.05) is 7.05 Å². The average molecular weight is 410 g/mol. The maximum atomic E-state index is 3.65. The molecule has 0 saturated carbocycles. The van der Waals surface area contributed by atoms with Gasteiger partial charge in [0.2, 0.25) is 0 Å². The summed E-state index contributed by atoms with van der Waals surface area (Å²) in [6.07, 6.45) is 3.79. The van der Waals surface area contributed by atoms with E-state index in [0.29, 0.717) is 6.04 Å². The van der Waals surface area contributed by atoms with Crippen molar-refractivity contribution in [2.24, 2.45) is 5.92 Å². The van der Waals surface area contributed by atoms with E-state index < -0.39 is 0 Å². The first-order valence-corrected chi connectivity index (χ1v) is 8.04. The third kappa shape index (κ3) is 5.26. The Labute approximate surface area is 127 Å². The molecular formula is C14H21BrIN. The van der Waals surface area contributed by atoms with Crippen LogP contribution in [0.15, 0.2) is 22.7 Å². The summed E-state index contributed by atoms with van der Waals surface area (Å²) in [7, 11) is 2.05. The van der Waals surface area contributed by atoms with E-state index in [2.05, 4.69) is 75.9 Å². The van der Waals surface area contributed by atoms with E-state index in [0.717, 1.165) is 5.92 Å². The second-order valence-electron chi connectivity index (χ2n) is 4.83. The third-order valence-electron chi connectivity index (χ3n) is 2.96. The lowest BCUT2D eigenvalue weighted by Gasteiger charge is -2.19. The van der Waals surface area contributed by atoms with Crippen molar-refractivity contribution in [1.29, 1.82) is 0 Å². The molecule has 96 valence electrons. The van der Waals surface area contributed by atoms with Gasteiger partial charge in [-0.2, -0.15) is 0 Å². The van der Waals surface area contributed by atoms with Crippen LogP contribution in [0.2, 0.25) is 0 Å². The number of nitrogens with one attached hydrogen (secondary N) is 1. The molecule has 17 heavy (non-hydrogen) atoms. The van der Waals surface area contributed by atoms with Gasteiger partial charge in [0.05, 0.1) is 0 Å². The lowest BCUT2D eigenvalue weighted by atomic mass is 9.98. The zero-order valence-corrected chi connectivity index (χ0v) is 14.5. The van der Waals surface area contributed by atoms with E-state index in [1.807, 2.05) is 7.05 Å². The van der Waals surface area contributed by atoms with Crippen molar-refractivity contribution in [3.63, 3.8) is 0 Å². The van der Waals surface area contributed by atoms with Gasteiger partial charge in [-0.1, -0.05) is 42.6 Å². The van der Waals surface area contributed by atoms with Crippen LogP contribution in [-0.4, -0.2) is 7.05 Å². The van der Waals surface area contributed by atoms with Crippen LogP contribution in [0.5, 0.6) is 0 Å². The molecule has 1 unspecified atom stereocenters. The van der Waals surface area contributed by atoms with Gasteiger partial charge < -0.3 is 5.32 Å². The highest BCUT2D eigenvalue weighted by Gasteiger charge is 2.12. The Bertz CT molecular complexity index is 352. The molecule has 0 aromatic heterocycles. The van der Waals surface area contributed by atoms with Crippen LogP contribution in [0.25, 0.3) is 0 Å². The van der Waals surface area contributed by atoms with Crippen molar-refractivity contribution in [3.05, 3.63) is 31.8 Å². The molecule has 0 fully saturated rings. The molecule has 0 bridgehead atoms. The first kappa shape index (κ1) is 15.4. The highest BCUT2D eigenvalue weighted by molar-refractivity contribution is 14.1. The fourth-order valence-corrected chi connectivity index (χ4v) is 3.01. The van der Waals surface area contributed by atoms with Gasteiger partial charge in [-0.15, -0.1) is 0 Å². The molecule has 1 atom stereocenters. The molecule has 0 saturated heterocycles. The number of benzene rings is 1. The maximum absolute atomic E-state index is 3.65. The Morgan fingerprint density at radius 3 is 2.59 bits per heavy atom. The Hall–Kier alpha value is 0.390. The predicted molar refractivity (Wildman–Crippen MR) is 87.3 cm³/mol. The van der Waals surface area contributed by atoms with Crippen LogP contribution in [0.4, 0.5) is 0 Å². The molecule has 0 aliphatic heterocycles. The zero-order chi connectivity index (χ0) is 12.8. The van der Waals surface area contributed by atoms with E-state index in [1.165, 1.54) is 32.9 Å². The lowest BCUT2D eigenvalue weighted by molar-refractivity contribution is 0.469. The summed E-state index contributed by atoms with van der Waals surface area (Å²) >= 11 is 6.02. The zero-order valence-electron chi connectivity index (χ0n) is 10.8.